The van der Waals surface area contributed by atoms with Gasteiger partial charge in [-0.2, -0.15) is 8.78 Å². The van der Waals surface area contributed by atoms with Gasteiger partial charge in [0.25, 0.3) is 5.91 Å². The topological polar surface area (TPSA) is 89.7 Å². The number of hydrogen-bond acceptors (Lipinski definition) is 6. The number of aliphatic hydroxyl groups is 1. The van der Waals surface area contributed by atoms with Gasteiger partial charge in [0.05, 0.1) is 17.6 Å². The van der Waals surface area contributed by atoms with Crippen molar-refractivity contribution in [2.75, 3.05) is 13.7 Å². The van der Waals surface area contributed by atoms with Crippen LogP contribution in [0.3, 0.4) is 0 Å². The molecule has 3 atom stereocenters. The highest BCUT2D eigenvalue weighted by Gasteiger charge is 2.45. The van der Waals surface area contributed by atoms with Crippen LogP contribution in [0.15, 0.2) is 42.6 Å². The zero-order valence-electron chi connectivity index (χ0n) is 20.3. The summed E-state index contributed by atoms with van der Waals surface area (Å²) in [5.74, 6) is -0.182. The van der Waals surface area contributed by atoms with Gasteiger partial charge in [-0.05, 0) is 37.3 Å². The Balaban J connectivity index is 1.44. The van der Waals surface area contributed by atoms with Gasteiger partial charge in [0, 0.05) is 41.9 Å². The van der Waals surface area contributed by atoms with Crippen LogP contribution in [0.4, 0.5) is 13.2 Å². The number of carbonyl (C=O) groups excluding carboxylic acids is 1. The maximum atomic E-state index is 16.4. The van der Waals surface area contributed by atoms with Gasteiger partial charge in [-0.25, -0.2) is 9.37 Å². The lowest BCUT2D eigenvalue weighted by Crippen LogP contribution is -2.30. The Hall–Kier alpha value is -4.12. The molecule has 0 saturated heterocycles. The highest BCUT2D eigenvalue weighted by molar-refractivity contribution is 5.98. The number of pyridine rings is 1. The Morgan fingerprint density at radius 2 is 2.03 bits per heavy atom. The normalized spacial score (nSPS) is 23.3. The predicted octanol–water partition coefficient (Wildman–Crippen LogP) is 4.56. The number of ether oxygens (including phenoxy) is 2. The van der Waals surface area contributed by atoms with Gasteiger partial charge in [-0.15, -0.1) is 0 Å². The summed E-state index contributed by atoms with van der Waals surface area (Å²) in [6.45, 7) is -1.44. The molecule has 5 heterocycles. The van der Waals surface area contributed by atoms with Crippen molar-refractivity contribution in [3.8, 4) is 22.6 Å². The molecule has 2 bridgehead atoms. The number of nitrogens with zero attached hydrogens (tertiary/aromatic N) is 4. The molecule has 3 aliphatic rings. The minimum Gasteiger partial charge on any atom is -0.488 e. The molecule has 0 fully saturated rings. The summed E-state index contributed by atoms with van der Waals surface area (Å²) in [6.07, 6.45) is 1.82. The second kappa shape index (κ2) is 7.70. The number of hydrogen-bond donors (Lipinski definition) is 1. The van der Waals surface area contributed by atoms with E-state index >= 15 is 4.39 Å². The van der Waals surface area contributed by atoms with Crippen LogP contribution < -0.4 is 9.47 Å². The summed E-state index contributed by atoms with van der Waals surface area (Å²) >= 11 is 0. The molecule has 0 spiro atoms. The van der Waals surface area contributed by atoms with Crippen molar-refractivity contribution in [3.05, 3.63) is 71.1 Å². The first-order valence-electron chi connectivity index (χ1n) is 12.1. The molecule has 194 valence electrons. The van der Waals surface area contributed by atoms with E-state index in [2.05, 4.69) is 9.97 Å². The molecule has 4 aromatic rings. The van der Waals surface area contributed by atoms with E-state index in [1.807, 2.05) is 0 Å². The lowest BCUT2D eigenvalue weighted by molar-refractivity contribution is -0.0507. The third-order valence-electron chi connectivity index (χ3n) is 7.69. The fraction of sp³-hybridized carbons (Fsp3) is 0.296. The monoisotopic (exact) mass is 522 g/mol. The summed E-state index contributed by atoms with van der Waals surface area (Å²) < 4.78 is 55.1. The number of carbonyl (C=O) groups is 1. The number of amides is 1. The number of imidazole rings is 1. The van der Waals surface area contributed by atoms with Crippen LogP contribution in [0.25, 0.3) is 22.2 Å². The van der Waals surface area contributed by atoms with Gasteiger partial charge < -0.3 is 24.0 Å². The van der Waals surface area contributed by atoms with Crippen LogP contribution in [-0.2, 0) is 5.60 Å². The average molecular weight is 522 g/mol. The summed E-state index contributed by atoms with van der Waals surface area (Å²) in [5.41, 5.74) is 0.927. The molecule has 11 heteroatoms. The van der Waals surface area contributed by atoms with Crippen molar-refractivity contribution in [2.45, 2.75) is 37.6 Å². The maximum Gasteiger partial charge on any atom is 0.387 e. The molecule has 3 unspecified atom stereocenters. The molecule has 2 aromatic carbocycles. The third-order valence-corrected chi connectivity index (χ3v) is 7.69. The van der Waals surface area contributed by atoms with Crippen LogP contribution >= 0.6 is 0 Å². The lowest BCUT2D eigenvalue weighted by atomic mass is 9.97. The van der Waals surface area contributed by atoms with E-state index in [1.165, 1.54) is 23.2 Å². The van der Waals surface area contributed by atoms with Crippen LogP contribution in [0.1, 0.15) is 52.9 Å². The van der Waals surface area contributed by atoms with Gasteiger partial charge in [-0.1, -0.05) is 6.07 Å². The first-order valence-corrected chi connectivity index (χ1v) is 12.1. The predicted molar refractivity (Wildman–Crippen MR) is 129 cm³/mol. The van der Waals surface area contributed by atoms with E-state index in [-0.39, 0.29) is 40.5 Å². The fourth-order valence-electron chi connectivity index (χ4n) is 5.94. The van der Waals surface area contributed by atoms with Crippen LogP contribution in [0.5, 0.6) is 11.5 Å². The SMILES string of the molecule is CN1C(=O)c2cccc(OC(F)F)c2C2CC1c1nc3ccc(-c4cnc5c(c4)OCC5(C)O)c(F)c3n12. The Bertz CT molecular complexity index is 1670. The molecule has 0 radical (unpaired) electrons. The van der Waals surface area contributed by atoms with E-state index in [0.29, 0.717) is 34.8 Å². The Labute approximate surface area is 214 Å². The highest BCUT2D eigenvalue weighted by atomic mass is 19.3. The molecule has 0 aliphatic carbocycles. The molecule has 3 aliphatic heterocycles. The van der Waals surface area contributed by atoms with Crippen molar-refractivity contribution in [1.82, 2.24) is 19.4 Å². The number of aromatic nitrogens is 3. The quantitative estimate of drug-likeness (QED) is 0.425. The van der Waals surface area contributed by atoms with Crippen LogP contribution in [-0.4, -0.2) is 50.7 Å². The minimum absolute atomic E-state index is 0.0498. The fourth-order valence-corrected chi connectivity index (χ4v) is 5.94. The van der Waals surface area contributed by atoms with E-state index in [0.717, 1.165) is 0 Å². The van der Waals surface area contributed by atoms with Crippen molar-refractivity contribution < 1.29 is 32.5 Å². The molecule has 7 rings (SSSR count). The van der Waals surface area contributed by atoms with Crippen molar-refractivity contribution in [2.24, 2.45) is 0 Å². The smallest absolute Gasteiger partial charge is 0.387 e. The summed E-state index contributed by atoms with van der Waals surface area (Å²) in [4.78, 5) is 23.8. The summed E-state index contributed by atoms with van der Waals surface area (Å²) in [7, 11) is 1.63. The van der Waals surface area contributed by atoms with E-state index in [4.69, 9.17) is 9.47 Å². The van der Waals surface area contributed by atoms with Gasteiger partial charge in [-0.3, -0.25) is 9.78 Å². The van der Waals surface area contributed by atoms with E-state index in [1.54, 1.807) is 42.8 Å². The highest BCUT2D eigenvalue weighted by Crippen LogP contribution is 2.51. The van der Waals surface area contributed by atoms with Crippen LogP contribution in [0, 0.1) is 5.82 Å². The van der Waals surface area contributed by atoms with Gasteiger partial charge in [0.1, 0.15) is 40.7 Å². The van der Waals surface area contributed by atoms with Crippen molar-refractivity contribution >= 4 is 16.9 Å². The second-order valence-corrected chi connectivity index (χ2v) is 10.0. The number of halogens is 3. The van der Waals surface area contributed by atoms with Crippen molar-refractivity contribution in [3.63, 3.8) is 0 Å². The maximum absolute atomic E-state index is 16.4. The molecule has 1 amide bonds. The van der Waals surface area contributed by atoms with Gasteiger partial charge in [0.15, 0.2) is 5.82 Å². The molecule has 1 N–H and O–H groups in total. The second-order valence-electron chi connectivity index (χ2n) is 10.0. The standard InChI is InChI=1S/C27H21F3N4O4/c1-27(36)11-37-19-8-12(10-31-23(19)27)13-6-7-15-22(21(13)28)34-16-9-17(24(34)32-15)33(2)25(35)14-4-3-5-18(20(14)16)38-26(29)30/h3-8,10,16-17,26,36H,9,11H2,1-2H3. The molecule has 0 saturated carbocycles. The summed E-state index contributed by atoms with van der Waals surface area (Å²) in [6, 6.07) is 8.23. The molecule has 38 heavy (non-hydrogen) atoms. The van der Waals surface area contributed by atoms with E-state index < -0.39 is 30.1 Å². The van der Waals surface area contributed by atoms with E-state index in [9.17, 15) is 18.7 Å². The third kappa shape index (κ3) is 3.05. The Morgan fingerprint density at radius 3 is 2.82 bits per heavy atom. The Morgan fingerprint density at radius 1 is 1.21 bits per heavy atom. The molecular formula is C27H21F3N4O4. The van der Waals surface area contributed by atoms with Crippen LogP contribution in [0.2, 0.25) is 0 Å². The Kier molecular flexibility index (Phi) is 4.67. The van der Waals surface area contributed by atoms with Crippen molar-refractivity contribution in [1.29, 1.82) is 0 Å². The number of rotatable bonds is 3. The number of fused-ring (bicyclic) bond motifs is 10. The zero-order valence-corrected chi connectivity index (χ0v) is 20.3. The average Bonchev–Trinajstić information content (AvgIpc) is 3.50. The number of benzene rings is 2. The number of alkyl halides is 2. The first-order chi connectivity index (χ1) is 18.2. The zero-order chi connectivity index (χ0) is 26.5. The van der Waals surface area contributed by atoms with Gasteiger partial charge in [0.2, 0.25) is 0 Å². The first kappa shape index (κ1) is 23.0. The minimum atomic E-state index is -3.09. The largest absolute Gasteiger partial charge is 0.488 e. The van der Waals surface area contributed by atoms with Gasteiger partial charge >= 0.3 is 6.61 Å². The molecule has 2 aromatic heterocycles. The molecular weight excluding hydrogens is 501 g/mol. The molecule has 8 nitrogen and oxygen atoms in total. The lowest BCUT2D eigenvalue weighted by Gasteiger charge is -2.24. The summed E-state index contributed by atoms with van der Waals surface area (Å²) in [5, 5.41) is 10.4.